The molecule has 2 atom stereocenters. The third-order valence-electron chi connectivity index (χ3n) is 7.08. The normalized spacial score (nSPS) is 27.0. The van der Waals surface area contributed by atoms with Crippen LogP contribution in [0.1, 0.15) is 48.6 Å². The van der Waals surface area contributed by atoms with Crippen LogP contribution in [0.25, 0.3) is 0 Å². The van der Waals surface area contributed by atoms with Crippen molar-refractivity contribution in [2.75, 3.05) is 26.0 Å². The van der Waals surface area contributed by atoms with Crippen molar-refractivity contribution in [1.82, 2.24) is 19.4 Å². The Morgan fingerprint density at radius 2 is 1.88 bits per heavy atom. The average Bonchev–Trinajstić information content (AvgIpc) is 3.12. The number of nitrogens with zero attached hydrogens (tertiary/aromatic N) is 3. The summed E-state index contributed by atoms with van der Waals surface area (Å²) < 4.78 is 33.9. The number of sulfonamides is 1. The lowest BCUT2D eigenvalue weighted by Gasteiger charge is -2.46. The average molecular weight is 495 g/mol. The smallest absolute Gasteiger partial charge is 0.208 e. The Kier molecular flexibility index (Phi) is 7.80. The van der Waals surface area contributed by atoms with Crippen molar-refractivity contribution in [2.24, 2.45) is 7.05 Å². The number of ether oxygens (including phenoxy) is 1. The topological polar surface area (TPSA) is 76.5 Å². The zero-order valence-corrected chi connectivity index (χ0v) is 21.3. The van der Waals surface area contributed by atoms with E-state index in [4.69, 9.17) is 21.4 Å². The van der Waals surface area contributed by atoms with Gasteiger partial charge in [0.1, 0.15) is 0 Å². The molecule has 1 saturated heterocycles. The summed E-state index contributed by atoms with van der Waals surface area (Å²) in [7, 11) is -1.24. The summed E-state index contributed by atoms with van der Waals surface area (Å²) in [6.45, 7) is 3.74. The molecule has 0 spiro atoms. The largest absolute Gasteiger partial charge is 0.374 e. The fraction of sp³-hybridized carbons (Fsp3) is 0.625. The fourth-order valence-electron chi connectivity index (χ4n) is 5.15. The van der Waals surface area contributed by atoms with Crippen LogP contribution in [0.3, 0.4) is 0 Å². The molecule has 0 amide bonds. The van der Waals surface area contributed by atoms with Gasteiger partial charge in [0.05, 0.1) is 24.7 Å². The molecule has 0 radical (unpaired) electrons. The van der Waals surface area contributed by atoms with Gasteiger partial charge in [-0.05, 0) is 62.8 Å². The number of morpholine rings is 1. The zero-order valence-electron chi connectivity index (χ0n) is 19.7. The summed E-state index contributed by atoms with van der Waals surface area (Å²) in [4.78, 5) is 2.58. The highest BCUT2D eigenvalue weighted by Crippen LogP contribution is 2.36. The highest BCUT2D eigenvalue weighted by Gasteiger charge is 2.36. The molecule has 9 heteroatoms. The Balaban J connectivity index is 1.44. The molecule has 2 fully saturated rings. The molecule has 7 nitrogen and oxygen atoms in total. The van der Waals surface area contributed by atoms with Crippen molar-refractivity contribution in [3.8, 4) is 0 Å². The van der Waals surface area contributed by atoms with Crippen LogP contribution < -0.4 is 4.72 Å². The Bertz CT molecular complexity index is 1010. The van der Waals surface area contributed by atoms with Crippen LogP contribution in [0.5, 0.6) is 0 Å². The van der Waals surface area contributed by atoms with Gasteiger partial charge in [-0.3, -0.25) is 9.58 Å². The van der Waals surface area contributed by atoms with Crippen molar-refractivity contribution in [1.29, 1.82) is 0 Å². The summed E-state index contributed by atoms with van der Waals surface area (Å²) in [5.41, 5.74) is 3.65. The molecule has 2 aliphatic rings. The maximum atomic E-state index is 11.6. The highest BCUT2D eigenvalue weighted by atomic mass is 35.5. The number of benzene rings is 1. The molecule has 4 rings (SSSR count). The third kappa shape index (κ3) is 6.57. The molecular formula is C24H35ClN4O3S. The zero-order chi connectivity index (χ0) is 23.6. The summed E-state index contributed by atoms with van der Waals surface area (Å²) in [5, 5.41) is 5.46. The van der Waals surface area contributed by atoms with E-state index >= 15 is 0 Å². The number of halogens is 1. The van der Waals surface area contributed by atoms with Crippen LogP contribution in [-0.4, -0.2) is 67.2 Å². The first kappa shape index (κ1) is 24.7. The Labute approximate surface area is 202 Å². The Morgan fingerprint density at radius 1 is 1.18 bits per heavy atom. The summed E-state index contributed by atoms with van der Waals surface area (Å²) >= 11 is 6.07. The fourth-order valence-corrected chi connectivity index (χ4v) is 5.77. The number of hydrogen-bond donors (Lipinski definition) is 1. The van der Waals surface area contributed by atoms with Crippen LogP contribution in [0.15, 0.2) is 30.3 Å². The minimum atomic E-state index is -3.24. The van der Waals surface area contributed by atoms with E-state index in [9.17, 15) is 8.42 Å². The van der Waals surface area contributed by atoms with Crippen LogP contribution >= 0.6 is 11.6 Å². The molecule has 1 saturated carbocycles. The van der Waals surface area contributed by atoms with Gasteiger partial charge < -0.3 is 4.74 Å². The Hall–Kier alpha value is -1.45. The predicted molar refractivity (Wildman–Crippen MR) is 131 cm³/mol. The minimum Gasteiger partial charge on any atom is -0.374 e. The molecule has 1 aliphatic heterocycles. The SMILES string of the molecule is Cc1cc(C2CCC(N3C[C@H](CNS(C)(=O)=O)OCC3Cc3ccc(Cl)cc3)CC2)nn1C. The highest BCUT2D eigenvalue weighted by molar-refractivity contribution is 7.88. The van der Waals surface area contributed by atoms with Gasteiger partial charge in [0, 0.05) is 48.9 Å². The molecule has 182 valence electrons. The van der Waals surface area contributed by atoms with Crippen molar-refractivity contribution in [3.05, 3.63) is 52.3 Å². The molecule has 33 heavy (non-hydrogen) atoms. The molecule has 1 aromatic carbocycles. The van der Waals surface area contributed by atoms with Gasteiger partial charge in [0.15, 0.2) is 0 Å². The van der Waals surface area contributed by atoms with Crippen molar-refractivity contribution >= 4 is 21.6 Å². The van der Waals surface area contributed by atoms with E-state index in [1.807, 2.05) is 23.9 Å². The molecule has 2 heterocycles. The molecule has 1 N–H and O–H groups in total. The van der Waals surface area contributed by atoms with Gasteiger partial charge in [0.2, 0.25) is 10.0 Å². The van der Waals surface area contributed by atoms with Crippen LogP contribution in [0, 0.1) is 6.92 Å². The van der Waals surface area contributed by atoms with E-state index in [0.717, 1.165) is 43.7 Å². The van der Waals surface area contributed by atoms with E-state index in [2.05, 4.69) is 34.7 Å². The van der Waals surface area contributed by atoms with E-state index in [0.29, 0.717) is 25.1 Å². The first-order valence-electron chi connectivity index (χ1n) is 11.7. The lowest BCUT2D eigenvalue weighted by atomic mass is 9.82. The van der Waals surface area contributed by atoms with Gasteiger partial charge in [0.25, 0.3) is 0 Å². The van der Waals surface area contributed by atoms with Crippen molar-refractivity contribution in [2.45, 2.75) is 63.1 Å². The monoisotopic (exact) mass is 494 g/mol. The molecule has 1 aliphatic carbocycles. The van der Waals surface area contributed by atoms with E-state index in [1.165, 1.54) is 23.2 Å². The maximum Gasteiger partial charge on any atom is 0.208 e. The first-order valence-corrected chi connectivity index (χ1v) is 14.0. The molecular weight excluding hydrogens is 460 g/mol. The van der Waals surface area contributed by atoms with Gasteiger partial charge in [-0.15, -0.1) is 0 Å². The van der Waals surface area contributed by atoms with Gasteiger partial charge >= 0.3 is 0 Å². The second kappa shape index (κ2) is 10.4. The van der Waals surface area contributed by atoms with E-state index in [1.54, 1.807) is 0 Å². The molecule has 0 bridgehead atoms. The minimum absolute atomic E-state index is 0.141. The number of aromatic nitrogens is 2. The summed E-state index contributed by atoms with van der Waals surface area (Å²) in [5.74, 6) is 0.514. The lowest BCUT2D eigenvalue weighted by molar-refractivity contribution is -0.0814. The second-order valence-electron chi connectivity index (χ2n) is 9.60. The molecule has 1 unspecified atom stereocenters. The predicted octanol–water partition coefficient (Wildman–Crippen LogP) is 3.27. The van der Waals surface area contributed by atoms with Crippen molar-refractivity contribution < 1.29 is 13.2 Å². The number of rotatable bonds is 7. The van der Waals surface area contributed by atoms with Crippen molar-refractivity contribution in [3.63, 3.8) is 0 Å². The lowest BCUT2D eigenvalue weighted by Crippen LogP contribution is -2.57. The summed E-state index contributed by atoms with van der Waals surface area (Å²) in [6, 6.07) is 11.0. The van der Waals surface area contributed by atoms with Gasteiger partial charge in [-0.25, -0.2) is 13.1 Å². The number of aryl methyl sites for hydroxylation is 2. The third-order valence-corrected chi connectivity index (χ3v) is 8.03. The first-order chi connectivity index (χ1) is 15.7. The molecule has 2 aromatic rings. The number of nitrogens with one attached hydrogen (secondary N) is 1. The van der Waals surface area contributed by atoms with E-state index < -0.39 is 10.0 Å². The number of hydrogen-bond acceptors (Lipinski definition) is 5. The van der Waals surface area contributed by atoms with Crippen LogP contribution in [0.4, 0.5) is 0 Å². The van der Waals surface area contributed by atoms with Crippen LogP contribution in [0.2, 0.25) is 5.02 Å². The van der Waals surface area contributed by atoms with Crippen LogP contribution in [-0.2, 0) is 28.2 Å². The standard InChI is InChI=1S/C24H35ClN4O3S/c1-17-12-24(27-28(17)2)19-6-10-21(11-7-19)29-15-23(14-26-33(3,30)31)32-16-22(29)13-18-4-8-20(25)9-5-18/h4-5,8-9,12,19,21-23,26H,6-7,10-11,13-16H2,1-3H3/t19?,21?,22?,23-/m0/s1. The maximum absolute atomic E-state index is 11.6. The van der Waals surface area contributed by atoms with Gasteiger partial charge in [-0.2, -0.15) is 5.10 Å². The Morgan fingerprint density at radius 3 is 2.48 bits per heavy atom. The quantitative estimate of drug-likeness (QED) is 0.639. The molecule has 1 aromatic heterocycles. The van der Waals surface area contributed by atoms with Gasteiger partial charge in [-0.1, -0.05) is 23.7 Å². The van der Waals surface area contributed by atoms with E-state index in [-0.39, 0.29) is 12.1 Å². The summed E-state index contributed by atoms with van der Waals surface area (Å²) in [6.07, 6.45) is 6.42. The second-order valence-corrected chi connectivity index (χ2v) is 11.9.